The maximum atomic E-state index is 12.2. The Morgan fingerprint density at radius 3 is 2.50 bits per heavy atom. The molecule has 0 fully saturated rings. The summed E-state index contributed by atoms with van der Waals surface area (Å²) in [4.78, 5) is 35.6. The van der Waals surface area contributed by atoms with Crippen molar-refractivity contribution in [2.45, 2.75) is 46.3 Å². The van der Waals surface area contributed by atoms with Crippen molar-refractivity contribution in [3.05, 3.63) is 40.2 Å². The van der Waals surface area contributed by atoms with E-state index in [1.807, 2.05) is 13.8 Å². The van der Waals surface area contributed by atoms with Crippen LogP contribution in [0.5, 0.6) is 5.75 Å². The number of carboxylic acids is 1. The van der Waals surface area contributed by atoms with Gasteiger partial charge in [-0.1, -0.05) is 20.8 Å². The van der Waals surface area contributed by atoms with E-state index < -0.39 is 23.6 Å². The highest BCUT2D eigenvalue weighted by atomic mass is 16.5. The molecule has 1 amide bonds. The minimum atomic E-state index is -1.07. The Bertz CT molecular complexity index is 870. The van der Waals surface area contributed by atoms with Gasteiger partial charge >= 0.3 is 11.6 Å². The molecule has 0 bridgehead atoms. The van der Waals surface area contributed by atoms with Crippen LogP contribution in [0.4, 0.5) is 0 Å². The van der Waals surface area contributed by atoms with Crippen molar-refractivity contribution in [1.82, 2.24) is 5.32 Å². The maximum Gasteiger partial charge on any atom is 0.349 e. The van der Waals surface area contributed by atoms with Gasteiger partial charge in [-0.2, -0.15) is 0 Å². The molecule has 2 N–H and O–H groups in total. The maximum absolute atomic E-state index is 12.2. The monoisotopic (exact) mass is 361 g/mol. The van der Waals surface area contributed by atoms with Crippen molar-refractivity contribution < 1.29 is 23.8 Å². The minimum absolute atomic E-state index is 0.0580. The number of benzene rings is 1. The molecule has 0 aliphatic carbocycles. The lowest BCUT2D eigenvalue weighted by Gasteiger charge is -2.18. The van der Waals surface area contributed by atoms with Gasteiger partial charge in [-0.15, -0.1) is 0 Å². The predicted octanol–water partition coefficient (Wildman–Crippen LogP) is 2.81. The summed E-state index contributed by atoms with van der Waals surface area (Å²) >= 11 is 0. The molecule has 0 spiro atoms. The van der Waals surface area contributed by atoms with Crippen LogP contribution in [0.15, 0.2) is 33.5 Å². The number of carboxylic acid groups (broad SMARTS) is 1. The third kappa shape index (κ3) is 4.41. The first-order valence-corrected chi connectivity index (χ1v) is 8.51. The highest BCUT2D eigenvalue weighted by Gasteiger charge is 2.24. The summed E-state index contributed by atoms with van der Waals surface area (Å²) in [5.74, 6) is -1.51. The lowest BCUT2D eigenvalue weighted by molar-refractivity contribution is -0.147. The smallest absolute Gasteiger partial charge is 0.349 e. The molecule has 7 nitrogen and oxygen atoms in total. The molecule has 1 aromatic heterocycles. The number of nitrogens with one attached hydrogen (secondary N) is 1. The standard InChI is InChI=1S/C19H23NO6/c1-5-11(4)20-17(21)14-8-12-6-7-13(9-15(12)26-19(14)24)25-16(10(2)3)18(22)23/h6-11,16H,5H2,1-4H3,(H,20,21)(H,22,23). The van der Waals surface area contributed by atoms with Gasteiger partial charge in [-0.05, 0) is 31.5 Å². The Balaban J connectivity index is 2.34. The van der Waals surface area contributed by atoms with Gasteiger partial charge in [-0.3, -0.25) is 4.79 Å². The zero-order valence-electron chi connectivity index (χ0n) is 15.2. The van der Waals surface area contributed by atoms with E-state index >= 15 is 0 Å². The van der Waals surface area contributed by atoms with Gasteiger partial charge in [0.15, 0.2) is 6.10 Å². The van der Waals surface area contributed by atoms with Crippen molar-refractivity contribution in [1.29, 1.82) is 0 Å². The SMILES string of the molecule is CCC(C)NC(=O)c1cc2ccc(OC(C(=O)O)C(C)C)cc2oc1=O. The number of hydrogen-bond donors (Lipinski definition) is 2. The first-order chi connectivity index (χ1) is 12.2. The molecule has 0 saturated carbocycles. The fourth-order valence-electron chi connectivity index (χ4n) is 2.35. The van der Waals surface area contributed by atoms with Crippen LogP contribution in [0, 0.1) is 5.92 Å². The van der Waals surface area contributed by atoms with Crippen LogP contribution >= 0.6 is 0 Å². The Morgan fingerprint density at radius 2 is 1.92 bits per heavy atom. The molecule has 2 unspecified atom stereocenters. The summed E-state index contributed by atoms with van der Waals surface area (Å²) in [6.45, 7) is 7.25. The van der Waals surface area contributed by atoms with Crippen LogP contribution in [0.3, 0.4) is 0 Å². The Labute approximate surface area is 151 Å². The number of fused-ring (bicyclic) bond motifs is 1. The molecule has 2 atom stereocenters. The molecule has 26 heavy (non-hydrogen) atoms. The number of amides is 1. The van der Waals surface area contributed by atoms with Crippen LogP contribution in [0.2, 0.25) is 0 Å². The molecule has 0 aliphatic heterocycles. The average Bonchev–Trinajstić information content (AvgIpc) is 2.57. The minimum Gasteiger partial charge on any atom is -0.478 e. The second-order valence-electron chi connectivity index (χ2n) is 6.55. The van der Waals surface area contributed by atoms with Gasteiger partial charge in [0.05, 0.1) is 0 Å². The molecule has 2 rings (SSSR count). The molecule has 0 aliphatic rings. The van der Waals surface area contributed by atoms with Gasteiger partial charge in [0.25, 0.3) is 5.91 Å². The number of ether oxygens (including phenoxy) is 1. The summed E-state index contributed by atoms with van der Waals surface area (Å²) in [6.07, 6.45) is -0.272. The second-order valence-corrected chi connectivity index (χ2v) is 6.55. The van der Waals surface area contributed by atoms with E-state index in [0.29, 0.717) is 5.39 Å². The van der Waals surface area contributed by atoms with Crippen LogP contribution in [-0.2, 0) is 4.79 Å². The van der Waals surface area contributed by atoms with Crippen LogP contribution < -0.4 is 15.7 Å². The topological polar surface area (TPSA) is 106 Å². The average molecular weight is 361 g/mol. The Hall–Kier alpha value is -2.83. The molecule has 0 radical (unpaired) electrons. The van der Waals surface area contributed by atoms with Gasteiger partial charge in [0, 0.05) is 23.4 Å². The summed E-state index contributed by atoms with van der Waals surface area (Å²) in [7, 11) is 0. The number of aliphatic carboxylic acids is 1. The van der Waals surface area contributed by atoms with Crippen molar-refractivity contribution >= 4 is 22.8 Å². The van der Waals surface area contributed by atoms with Crippen LogP contribution in [0.25, 0.3) is 11.0 Å². The predicted molar refractivity (Wildman–Crippen MR) is 96.6 cm³/mol. The van der Waals surface area contributed by atoms with Gasteiger partial charge in [0.2, 0.25) is 0 Å². The number of hydrogen-bond acceptors (Lipinski definition) is 5. The summed E-state index contributed by atoms with van der Waals surface area (Å²) in [6, 6.07) is 6.05. The van der Waals surface area contributed by atoms with Crippen molar-refractivity contribution in [2.75, 3.05) is 0 Å². The van der Waals surface area contributed by atoms with E-state index in [1.165, 1.54) is 12.1 Å². The zero-order valence-corrected chi connectivity index (χ0v) is 15.2. The molecule has 2 aromatic rings. The largest absolute Gasteiger partial charge is 0.478 e. The fourth-order valence-corrected chi connectivity index (χ4v) is 2.35. The normalized spacial score (nSPS) is 13.4. The van der Waals surface area contributed by atoms with Crippen molar-refractivity contribution in [3.8, 4) is 5.75 Å². The molecule has 140 valence electrons. The lowest BCUT2D eigenvalue weighted by Crippen LogP contribution is -2.34. The summed E-state index contributed by atoms with van der Waals surface area (Å²) < 4.78 is 10.7. The van der Waals surface area contributed by atoms with Gasteiger partial charge in [0.1, 0.15) is 16.9 Å². The van der Waals surface area contributed by atoms with E-state index in [4.69, 9.17) is 9.15 Å². The Morgan fingerprint density at radius 1 is 1.23 bits per heavy atom. The first kappa shape index (κ1) is 19.5. The quantitative estimate of drug-likeness (QED) is 0.735. The van der Waals surface area contributed by atoms with Crippen LogP contribution in [-0.4, -0.2) is 29.1 Å². The molecule has 0 saturated heterocycles. The van der Waals surface area contributed by atoms with E-state index in [-0.39, 0.29) is 28.9 Å². The third-order valence-corrected chi connectivity index (χ3v) is 4.05. The van der Waals surface area contributed by atoms with Gasteiger partial charge in [-0.25, -0.2) is 9.59 Å². The molecule has 7 heteroatoms. The lowest BCUT2D eigenvalue weighted by atomic mass is 10.1. The molecule has 1 aromatic carbocycles. The third-order valence-electron chi connectivity index (χ3n) is 4.05. The highest BCUT2D eigenvalue weighted by Crippen LogP contribution is 2.23. The summed E-state index contributed by atoms with van der Waals surface area (Å²) in [5.41, 5.74) is -0.605. The van der Waals surface area contributed by atoms with Gasteiger partial charge < -0.3 is 19.6 Å². The second kappa shape index (κ2) is 8.03. The molecular weight excluding hydrogens is 338 g/mol. The first-order valence-electron chi connectivity index (χ1n) is 8.51. The van der Waals surface area contributed by atoms with Crippen molar-refractivity contribution in [3.63, 3.8) is 0 Å². The summed E-state index contributed by atoms with van der Waals surface area (Å²) in [5, 5.41) is 12.5. The van der Waals surface area contributed by atoms with E-state index in [1.54, 1.807) is 26.0 Å². The highest BCUT2D eigenvalue weighted by molar-refractivity contribution is 5.96. The van der Waals surface area contributed by atoms with Crippen molar-refractivity contribution in [2.24, 2.45) is 5.92 Å². The van der Waals surface area contributed by atoms with E-state index in [9.17, 15) is 19.5 Å². The fraction of sp³-hybridized carbons (Fsp3) is 0.421. The van der Waals surface area contributed by atoms with E-state index in [2.05, 4.69) is 5.32 Å². The van der Waals surface area contributed by atoms with E-state index in [0.717, 1.165) is 6.42 Å². The molecule has 1 heterocycles. The number of carbonyl (C=O) groups excluding carboxylic acids is 1. The van der Waals surface area contributed by atoms with Crippen LogP contribution in [0.1, 0.15) is 44.5 Å². The zero-order chi connectivity index (χ0) is 19.4. The molecular formula is C19H23NO6. The Kier molecular flexibility index (Phi) is 6.02. The number of rotatable bonds is 7. The number of carbonyl (C=O) groups is 2.